The fourth-order valence-electron chi connectivity index (χ4n) is 3.07. The van der Waals surface area contributed by atoms with Crippen LogP contribution in [0.3, 0.4) is 0 Å². The van der Waals surface area contributed by atoms with Gasteiger partial charge >= 0.3 is 0 Å². The summed E-state index contributed by atoms with van der Waals surface area (Å²) < 4.78 is 1.28. The quantitative estimate of drug-likeness (QED) is 0.261. The van der Waals surface area contributed by atoms with Gasteiger partial charge in [0.25, 0.3) is 0 Å². The Morgan fingerprint density at radius 1 is 1.35 bits per heavy atom. The molecule has 0 saturated heterocycles. The molecule has 0 bridgehead atoms. The van der Waals surface area contributed by atoms with Gasteiger partial charge in [-0.1, -0.05) is 54.9 Å². The Kier molecular flexibility index (Phi) is 7.72. The number of hydrogen-bond acceptors (Lipinski definition) is 1. The third-order valence-corrected chi connectivity index (χ3v) is 5.30. The smallest absolute Gasteiger partial charge is 0.0347 e. The maximum atomic E-state index is 5.59. The van der Waals surface area contributed by atoms with Crippen molar-refractivity contribution in [1.29, 1.82) is 0 Å². The van der Waals surface area contributed by atoms with Crippen LogP contribution in [0, 0.1) is 17.8 Å². The largest absolute Gasteiger partial charge is 0.382 e. The van der Waals surface area contributed by atoms with E-state index in [0.29, 0.717) is 6.04 Å². The van der Waals surface area contributed by atoms with E-state index in [1.165, 1.54) is 47.8 Å². The average molecular weight is 385 g/mol. The van der Waals surface area contributed by atoms with E-state index < -0.39 is 0 Å². The summed E-state index contributed by atoms with van der Waals surface area (Å²) in [5.74, 6) is 2.85. The first-order valence-electron chi connectivity index (χ1n) is 7.72. The van der Waals surface area contributed by atoms with Crippen LogP contribution in [-0.2, 0) is 0 Å². The molecule has 0 fully saturated rings. The van der Waals surface area contributed by atoms with Gasteiger partial charge in [0.05, 0.1) is 0 Å². The Hall–Kier alpha value is -0.430. The van der Waals surface area contributed by atoms with Crippen LogP contribution in [0.1, 0.15) is 59.3 Å². The summed E-state index contributed by atoms with van der Waals surface area (Å²) in [5, 5.41) is 3.63. The van der Waals surface area contributed by atoms with Crippen molar-refractivity contribution in [3.05, 3.63) is 23.4 Å². The minimum Gasteiger partial charge on any atom is -0.382 e. The molecule has 0 amide bonds. The van der Waals surface area contributed by atoms with Crippen molar-refractivity contribution < 1.29 is 0 Å². The summed E-state index contributed by atoms with van der Waals surface area (Å²) in [6.45, 7) is 6.73. The van der Waals surface area contributed by atoms with Gasteiger partial charge in [-0.05, 0) is 42.8 Å². The zero-order valence-electron chi connectivity index (χ0n) is 13.1. The highest BCUT2D eigenvalue weighted by atomic mass is 127. The molecule has 1 N–H and O–H groups in total. The topological polar surface area (TPSA) is 12.0 Å². The lowest BCUT2D eigenvalue weighted by Crippen LogP contribution is -2.34. The van der Waals surface area contributed by atoms with E-state index in [4.69, 9.17) is 6.42 Å². The lowest BCUT2D eigenvalue weighted by Gasteiger charge is -2.32. The predicted molar refractivity (Wildman–Crippen MR) is 98.0 cm³/mol. The van der Waals surface area contributed by atoms with Crippen LogP contribution in [0.2, 0.25) is 0 Å². The predicted octanol–water partition coefficient (Wildman–Crippen LogP) is 5.22. The molecule has 0 aromatic carbocycles. The lowest BCUT2D eigenvalue weighted by molar-refractivity contribution is 0.291. The summed E-state index contributed by atoms with van der Waals surface area (Å²) in [4.78, 5) is 0. The monoisotopic (exact) mass is 385 g/mol. The van der Waals surface area contributed by atoms with Crippen molar-refractivity contribution in [2.45, 2.75) is 65.3 Å². The van der Waals surface area contributed by atoms with Crippen LogP contribution in [0.5, 0.6) is 0 Å². The van der Waals surface area contributed by atoms with Crippen molar-refractivity contribution in [1.82, 2.24) is 5.32 Å². The second kappa shape index (κ2) is 8.77. The van der Waals surface area contributed by atoms with Crippen LogP contribution in [0.4, 0.5) is 0 Å². The molecule has 2 atom stereocenters. The van der Waals surface area contributed by atoms with E-state index in [0.717, 1.165) is 6.42 Å². The molecule has 0 aliphatic carbocycles. The van der Waals surface area contributed by atoms with Gasteiger partial charge in [0.1, 0.15) is 0 Å². The first kappa shape index (κ1) is 17.6. The highest BCUT2D eigenvalue weighted by molar-refractivity contribution is 14.1. The Balaban J connectivity index is 2.75. The second-order valence-corrected chi connectivity index (χ2v) is 6.99. The van der Waals surface area contributed by atoms with Gasteiger partial charge in [0, 0.05) is 23.6 Å². The molecule has 0 radical (unpaired) electrons. The number of nitrogens with one attached hydrogen (secondary N) is 1. The highest BCUT2D eigenvalue weighted by Crippen LogP contribution is 2.44. The van der Waals surface area contributed by atoms with Crippen molar-refractivity contribution >= 4 is 22.6 Å². The number of halogens is 1. The molecular weight excluding hydrogens is 357 g/mol. The van der Waals surface area contributed by atoms with Gasteiger partial charge < -0.3 is 5.32 Å². The summed E-state index contributed by atoms with van der Waals surface area (Å²) in [6.07, 6.45) is 17.2. The molecular formula is C18H28IN. The minimum absolute atomic E-state index is 0.214. The number of hydrogen-bond donors (Lipinski definition) is 1. The molecule has 2 unspecified atom stereocenters. The fourth-order valence-corrected chi connectivity index (χ4v) is 3.61. The van der Waals surface area contributed by atoms with E-state index in [9.17, 15) is 0 Å². The standard InChI is InChI=1S/C18H28IN/c1-5-11-16-17(12-6-2)20-15(3)18(16,4)13-9-7-8-10-14-19/h1,6,12,15,20H,7-11,13-14H2,2-4H3/b12-6-. The zero-order chi connectivity index (χ0) is 15.0. The van der Waals surface area contributed by atoms with E-state index in [2.05, 4.69) is 66.8 Å². The summed E-state index contributed by atoms with van der Waals surface area (Å²) in [6, 6.07) is 0.474. The van der Waals surface area contributed by atoms with Gasteiger partial charge in [-0.3, -0.25) is 0 Å². The Bertz CT molecular complexity index is 402. The summed E-state index contributed by atoms with van der Waals surface area (Å²) >= 11 is 2.46. The molecule has 1 rings (SSSR count). The number of terminal acetylenes is 1. The van der Waals surface area contributed by atoms with Crippen LogP contribution < -0.4 is 5.32 Å². The van der Waals surface area contributed by atoms with Gasteiger partial charge in [0.2, 0.25) is 0 Å². The normalized spacial score (nSPS) is 26.1. The number of rotatable bonds is 8. The number of alkyl halides is 1. The van der Waals surface area contributed by atoms with E-state index in [-0.39, 0.29) is 5.41 Å². The Morgan fingerprint density at radius 3 is 2.65 bits per heavy atom. The second-order valence-electron chi connectivity index (χ2n) is 5.91. The molecule has 1 heterocycles. The maximum Gasteiger partial charge on any atom is 0.0347 e. The molecule has 20 heavy (non-hydrogen) atoms. The summed E-state index contributed by atoms with van der Waals surface area (Å²) in [5.41, 5.74) is 2.90. The van der Waals surface area contributed by atoms with Crippen molar-refractivity contribution in [3.63, 3.8) is 0 Å². The fraction of sp³-hybridized carbons (Fsp3) is 0.667. The molecule has 2 heteroatoms. The Morgan fingerprint density at radius 2 is 2.05 bits per heavy atom. The Labute approximate surface area is 138 Å². The molecule has 0 spiro atoms. The van der Waals surface area contributed by atoms with E-state index in [1.807, 2.05) is 0 Å². The van der Waals surface area contributed by atoms with Crippen LogP contribution in [0.15, 0.2) is 23.4 Å². The van der Waals surface area contributed by atoms with Crippen molar-refractivity contribution in [3.8, 4) is 12.3 Å². The first-order chi connectivity index (χ1) is 9.60. The highest BCUT2D eigenvalue weighted by Gasteiger charge is 2.40. The van der Waals surface area contributed by atoms with E-state index >= 15 is 0 Å². The van der Waals surface area contributed by atoms with Gasteiger partial charge in [-0.2, -0.15) is 0 Å². The number of unbranched alkanes of at least 4 members (excludes halogenated alkanes) is 3. The van der Waals surface area contributed by atoms with Crippen molar-refractivity contribution in [2.75, 3.05) is 4.43 Å². The SMILES string of the molecule is C#CCC1=C(/C=C\C)NC(C)C1(C)CCCCCCI. The van der Waals surface area contributed by atoms with Gasteiger partial charge in [-0.15, -0.1) is 12.3 Å². The third kappa shape index (κ3) is 4.28. The molecule has 0 saturated carbocycles. The van der Waals surface area contributed by atoms with Crippen LogP contribution in [-0.4, -0.2) is 10.5 Å². The van der Waals surface area contributed by atoms with Gasteiger partial charge in [-0.25, -0.2) is 0 Å². The molecule has 0 aromatic rings. The van der Waals surface area contributed by atoms with E-state index in [1.54, 1.807) is 0 Å². The maximum absolute atomic E-state index is 5.59. The molecule has 0 aromatic heterocycles. The first-order valence-corrected chi connectivity index (χ1v) is 9.25. The zero-order valence-corrected chi connectivity index (χ0v) is 15.3. The summed E-state index contributed by atoms with van der Waals surface area (Å²) in [7, 11) is 0. The van der Waals surface area contributed by atoms with Gasteiger partial charge in [0.15, 0.2) is 0 Å². The molecule has 1 aliphatic heterocycles. The molecule has 1 aliphatic rings. The van der Waals surface area contributed by atoms with Crippen LogP contribution in [0.25, 0.3) is 0 Å². The number of allylic oxidation sites excluding steroid dienone is 2. The third-order valence-electron chi connectivity index (χ3n) is 4.53. The molecule has 112 valence electrons. The van der Waals surface area contributed by atoms with Crippen LogP contribution >= 0.6 is 22.6 Å². The molecule has 1 nitrogen and oxygen atoms in total. The van der Waals surface area contributed by atoms with Crippen molar-refractivity contribution in [2.24, 2.45) is 5.41 Å². The lowest BCUT2D eigenvalue weighted by atomic mass is 9.73. The minimum atomic E-state index is 0.214. The average Bonchev–Trinajstić information content (AvgIpc) is 2.64.